The maximum Gasteiger partial charge on any atom is 0.0231 e. The van der Waals surface area contributed by atoms with Crippen LogP contribution in [0, 0.1) is 0 Å². The zero-order valence-corrected chi connectivity index (χ0v) is 11.1. The molecule has 18 heavy (non-hydrogen) atoms. The second kappa shape index (κ2) is 5.45. The van der Waals surface area contributed by atoms with E-state index < -0.39 is 0 Å². The van der Waals surface area contributed by atoms with Crippen molar-refractivity contribution in [2.75, 3.05) is 0 Å². The van der Waals surface area contributed by atoms with E-state index in [2.05, 4.69) is 60.7 Å². The predicted octanol–water partition coefficient (Wildman–Crippen LogP) is 4.94. The van der Waals surface area contributed by atoms with Crippen LogP contribution in [0.15, 0.2) is 59.5 Å². The molecule has 0 radical (unpaired) electrons. The number of fused-ring (bicyclic) bond motifs is 1. The Balaban J connectivity index is 1.72. The molecule has 0 aliphatic heterocycles. The molecule has 0 atom stereocenters. The first-order valence-corrected chi connectivity index (χ1v) is 7.36. The van der Waals surface area contributed by atoms with Crippen LogP contribution in [-0.2, 0) is 12.2 Å². The number of hydrogen-bond acceptors (Lipinski definition) is 1. The minimum Gasteiger partial charge on any atom is -0.121 e. The first-order valence-electron chi connectivity index (χ1n) is 6.38. The van der Waals surface area contributed by atoms with Crippen LogP contribution >= 0.6 is 11.8 Å². The zero-order valence-electron chi connectivity index (χ0n) is 10.3. The van der Waals surface area contributed by atoms with Gasteiger partial charge in [-0.15, -0.1) is 11.8 Å². The average Bonchev–Trinajstić information content (AvgIpc) is 2.46. The van der Waals surface area contributed by atoms with Gasteiger partial charge in [0.1, 0.15) is 0 Å². The van der Waals surface area contributed by atoms with Gasteiger partial charge in [0, 0.05) is 10.6 Å². The fraction of sp³-hybridized carbons (Fsp3) is 0.176. The van der Waals surface area contributed by atoms with Crippen molar-refractivity contribution in [1.29, 1.82) is 0 Å². The molecule has 0 spiro atoms. The van der Waals surface area contributed by atoms with Crippen molar-refractivity contribution in [3.63, 3.8) is 0 Å². The molecule has 0 bridgehead atoms. The smallest absolute Gasteiger partial charge is 0.0231 e. The lowest BCUT2D eigenvalue weighted by molar-refractivity contribution is 0.978. The monoisotopic (exact) mass is 252 g/mol. The normalized spacial score (nSPS) is 13.3. The van der Waals surface area contributed by atoms with E-state index >= 15 is 0 Å². The van der Waals surface area contributed by atoms with Gasteiger partial charge in [-0.25, -0.2) is 0 Å². The molecular weight excluding hydrogens is 236 g/mol. The van der Waals surface area contributed by atoms with E-state index in [9.17, 15) is 0 Å². The lowest BCUT2D eigenvalue weighted by Crippen LogP contribution is -1.93. The molecular formula is C17H16S. The Bertz CT molecular complexity index is 555. The van der Waals surface area contributed by atoms with Crippen LogP contribution in [0.1, 0.15) is 23.1 Å². The van der Waals surface area contributed by atoms with Crippen LogP contribution in [0.2, 0.25) is 0 Å². The Kier molecular flexibility index (Phi) is 3.51. The summed E-state index contributed by atoms with van der Waals surface area (Å²) in [6, 6.07) is 17.5. The summed E-state index contributed by atoms with van der Waals surface area (Å²) in [6.07, 6.45) is 6.87. The van der Waals surface area contributed by atoms with Crippen molar-refractivity contribution in [1.82, 2.24) is 0 Å². The lowest BCUT2D eigenvalue weighted by Gasteiger charge is -2.11. The Morgan fingerprint density at radius 2 is 1.89 bits per heavy atom. The van der Waals surface area contributed by atoms with Gasteiger partial charge in [0.2, 0.25) is 0 Å². The van der Waals surface area contributed by atoms with Crippen LogP contribution < -0.4 is 0 Å². The number of rotatable bonds is 3. The third-order valence-electron chi connectivity index (χ3n) is 3.24. The van der Waals surface area contributed by atoms with Gasteiger partial charge in [0.15, 0.2) is 0 Å². The molecule has 0 aromatic heterocycles. The summed E-state index contributed by atoms with van der Waals surface area (Å²) in [4.78, 5) is 1.38. The molecule has 0 saturated heterocycles. The molecule has 1 aliphatic carbocycles. The van der Waals surface area contributed by atoms with Crippen molar-refractivity contribution in [2.45, 2.75) is 23.5 Å². The van der Waals surface area contributed by atoms with Gasteiger partial charge in [-0.2, -0.15) is 0 Å². The third-order valence-corrected chi connectivity index (χ3v) is 4.31. The molecule has 0 heterocycles. The summed E-state index contributed by atoms with van der Waals surface area (Å²) in [5, 5.41) is 0. The highest BCUT2D eigenvalue weighted by Crippen LogP contribution is 2.27. The molecule has 1 heteroatoms. The van der Waals surface area contributed by atoms with Crippen LogP contribution in [0.4, 0.5) is 0 Å². The van der Waals surface area contributed by atoms with Gasteiger partial charge < -0.3 is 0 Å². The molecule has 2 aromatic rings. The maximum atomic E-state index is 2.35. The van der Waals surface area contributed by atoms with Crippen molar-refractivity contribution >= 4 is 17.8 Å². The number of benzene rings is 2. The Morgan fingerprint density at radius 1 is 1.00 bits per heavy atom. The second-order valence-corrected chi connectivity index (χ2v) is 5.62. The summed E-state index contributed by atoms with van der Waals surface area (Å²) in [6.45, 7) is 0. The van der Waals surface area contributed by atoms with Gasteiger partial charge >= 0.3 is 0 Å². The maximum absolute atomic E-state index is 2.35. The van der Waals surface area contributed by atoms with E-state index in [1.807, 2.05) is 11.8 Å². The quantitative estimate of drug-likeness (QED) is 0.697. The van der Waals surface area contributed by atoms with Gasteiger partial charge in [-0.05, 0) is 41.7 Å². The predicted molar refractivity (Wildman–Crippen MR) is 79.8 cm³/mol. The van der Waals surface area contributed by atoms with Gasteiger partial charge in [-0.3, -0.25) is 0 Å². The number of allylic oxidation sites excluding steroid dienone is 1. The summed E-state index contributed by atoms with van der Waals surface area (Å²) in [5.74, 6) is 1.05. The van der Waals surface area contributed by atoms with Gasteiger partial charge in [0.25, 0.3) is 0 Å². The Morgan fingerprint density at radius 3 is 2.78 bits per heavy atom. The van der Waals surface area contributed by atoms with E-state index in [4.69, 9.17) is 0 Å². The first-order chi connectivity index (χ1) is 8.92. The molecule has 0 fully saturated rings. The third kappa shape index (κ3) is 2.68. The van der Waals surface area contributed by atoms with E-state index in [1.165, 1.54) is 34.4 Å². The minimum atomic E-state index is 1.05. The average molecular weight is 252 g/mol. The summed E-state index contributed by atoms with van der Waals surface area (Å²) in [7, 11) is 0. The van der Waals surface area contributed by atoms with Crippen molar-refractivity contribution < 1.29 is 0 Å². The molecule has 0 nitrogen and oxygen atoms in total. The van der Waals surface area contributed by atoms with Gasteiger partial charge in [-0.1, -0.05) is 48.6 Å². The van der Waals surface area contributed by atoms with E-state index in [-0.39, 0.29) is 0 Å². The van der Waals surface area contributed by atoms with Crippen LogP contribution in [0.3, 0.4) is 0 Å². The highest BCUT2D eigenvalue weighted by atomic mass is 32.2. The summed E-state index contributed by atoms with van der Waals surface area (Å²) >= 11 is 1.92. The Labute approximate surface area is 113 Å². The molecule has 2 aromatic carbocycles. The standard InChI is InChI=1S/C17H16S/c1-2-6-14(7-3-1)13-18-17-11-10-15-8-4-5-9-16(15)12-17/h1-4,6-8,10-12H,5,9,13H2. The van der Waals surface area contributed by atoms with E-state index in [1.54, 1.807) is 0 Å². The van der Waals surface area contributed by atoms with Crippen molar-refractivity contribution in [2.24, 2.45) is 0 Å². The largest absolute Gasteiger partial charge is 0.121 e. The van der Waals surface area contributed by atoms with E-state index in [0.29, 0.717) is 0 Å². The second-order valence-electron chi connectivity index (χ2n) is 4.58. The number of aryl methyl sites for hydroxylation is 1. The highest BCUT2D eigenvalue weighted by molar-refractivity contribution is 7.98. The van der Waals surface area contributed by atoms with E-state index in [0.717, 1.165) is 5.75 Å². The summed E-state index contributed by atoms with van der Waals surface area (Å²) in [5.41, 5.74) is 4.28. The molecule has 90 valence electrons. The van der Waals surface area contributed by atoms with Crippen LogP contribution in [0.25, 0.3) is 6.08 Å². The minimum absolute atomic E-state index is 1.05. The van der Waals surface area contributed by atoms with Gasteiger partial charge in [0.05, 0.1) is 0 Å². The molecule has 0 saturated carbocycles. The first kappa shape index (κ1) is 11.6. The molecule has 1 aliphatic rings. The van der Waals surface area contributed by atoms with Crippen molar-refractivity contribution in [3.05, 3.63) is 71.3 Å². The fourth-order valence-electron chi connectivity index (χ4n) is 2.24. The lowest BCUT2D eigenvalue weighted by atomic mass is 9.98. The highest BCUT2D eigenvalue weighted by Gasteiger charge is 2.05. The topological polar surface area (TPSA) is 0 Å². The number of thioether (sulfide) groups is 1. The van der Waals surface area contributed by atoms with Crippen LogP contribution in [-0.4, -0.2) is 0 Å². The SMILES string of the molecule is C1=Cc2ccc(SCc3ccccc3)cc2CC1. The molecule has 0 unspecified atom stereocenters. The van der Waals surface area contributed by atoms with Crippen molar-refractivity contribution in [3.8, 4) is 0 Å². The molecule has 3 rings (SSSR count). The fourth-order valence-corrected chi connectivity index (χ4v) is 3.16. The molecule has 0 amide bonds. The number of hydrogen-bond donors (Lipinski definition) is 0. The van der Waals surface area contributed by atoms with Crippen LogP contribution in [0.5, 0.6) is 0 Å². The molecule has 0 N–H and O–H groups in total. The zero-order chi connectivity index (χ0) is 12.2. The summed E-state index contributed by atoms with van der Waals surface area (Å²) < 4.78 is 0. The Hall–Kier alpha value is -1.47.